The van der Waals surface area contributed by atoms with Gasteiger partial charge >= 0.3 is 0 Å². The van der Waals surface area contributed by atoms with E-state index in [1.807, 2.05) is 31.2 Å². The van der Waals surface area contributed by atoms with Gasteiger partial charge in [-0.25, -0.2) is 9.50 Å². The molecule has 0 saturated carbocycles. The van der Waals surface area contributed by atoms with Gasteiger partial charge in [0.05, 0.1) is 11.8 Å². The molecular formula is C13H8BrCl2N3. The Hall–Kier alpha value is -1.10. The molecule has 0 fully saturated rings. The van der Waals surface area contributed by atoms with Crippen LogP contribution in [0.4, 0.5) is 0 Å². The number of fused-ring (bicyclic) bond motifs is 1. The van der Waals surface area contributed by atoms with Crippen molar-refractivity contribution in [3.05, 3.63) is 50.8 Å². The first-order valence-electron chi connectivity index (χ1n) is 5.54. The van der Waals surface area contributed by atoms with Crippen LogP contribution in [0.5, 0.6) is 0 Å². The zero-order valence-electron chi connectivity index (χ0n) is 9.86. The number of aryl methyl sites for hydroxylation is 1. The molecule has 19 heavy (non-hydrogen) atoms. The van der Waals surface area contributed by atoms with Crippen LogP contribution in [0.15, 0.2) is 34.9 Å². The average Bonchev–Trinajstić information content (AvgIpc) is 2.74. The maximum absolute atomic E-state index is 6.42. The minimum Gasteiger partial charge on any atom is -0.216 e. The van der Waals surface area contributed by atoms with Crippen LogP contribution in [0.25, 0.3) is 16.8 Å². The molecule has 0 aliphatic heterocycles. The lowest BCUT2D eigenvalue weighted by Crippen LogP contribution is -1.97. The van der Waals surface area contributed by atoms with E-state index in [0.29, 0.717) is 21.5 Å². The molecule has 0 bridgehead atoms. The molecule has 0 saturated heterocycles. The summed E-state index contributed by atoms with van der Waals surface area (Å²) in [5.74, 6) is 0. The van der Waals surface area contributed by atoms with Crippen LogP contribution in [0.1, 0.15) is 5.56 Å². The fraction of sp³-hybridized carbons (Fsp3) is 0.0769. The Kier molecular flexibility index (Phi) is 3.25. The molecule has 0 atom stereocenters. The molecule has 2 heterocycles. The summed E-state index contributed by atoms with van der Waals surface area (Å²) in [5, 5.41) is 5.05. The lowest BCUT2D eigenvalue weighted by molar-refractivity contribution is 0.942. The van der Waals surface area contributed by atoms with Gasteiger partial charge in [-0.15, -0.1) is 0 Å². The van der Waals surface area contributed by atoms with Crippen LogP contribution < -0.4 is 0 Å². The van der Waals surface area contributed by atoms with E-state index in [1.165, 1.54) is 0 Å². The van der Waals surface area contributed by atoms with Crippen molar-refractivity contribution in [3.8, 4) is 11.1 Å². The van der Waals surface area contributed by atoms with Crippen molar-refractivity contribution in [1.82, 2.24) is 14.6 Å². The van der Waals surface area contributed by atoms with Gasteiger partial charge in [-0.2, -0.15) is 5.10 Å². The largest absolute Gasteiger partial charge is 0.216 e. The summed E-state index contributed by atoms with van der Waals surface area (Å²) >= 11 is 16.2. The van der Waals surface area contributed by atoms with E-state index in [9.17, 15) is 0 Å². The SMILES string of the molecule is Cc1cnn2c(Cl)c(-c3ccccc3Br)c(Cl)nc12. The predicted octanol–water partition coefficient (Wildman–Crippen LogP) is 4.77. The summed E-state index contributed by atoms with van der Waals surface area (Å²) in [5.41, 5.74) is 3.17. The Labute approximate surface area is 128 Å². The van der Waals surface area contributed by atoms with Gasteiger partial charge in [0.2, 0.25) is 0 Å². The topological polar surface area (TPSA) is 30.2 Å². The van der Waals surface area contributed by atoms with Crippen molar-refractivity contribution in [2.45, 2.75) is 6.92 Å². The number of hydrogen-bond acceptors (Lipinski definition) is 2. The second kappa shape index (κ2) is 4.78. The highest BCUT2D eigenvalue weighted by Crippen LogP contribution is 2.38. The molecule has 0 N–H and O–H groups in total. The quantitative estimate of drug-likeness (QED) is 0.587. The van der Waals surface area contributed by atoms with E-state index in [-0.39, 0.29) is 0 Å². The number of benzene rings is 1. The Bertz CT molecular complexity index is 783. The third kappa shape index (κ3) is 2.04. The van der Waals surface area contributed by atoms with Gasteiger partial charge in [0, 0.05) is 15.6 Å². The van der Waals surface area contributed by atoms with Crippen molar-refractivity contribution in [2.24, 2.45) is 0 Å². The average molecular weight is 357 g/mol. The first-order chi connectivity index (χ1) is 9.09. The van der Waals surface area contributed by atoms with Crippen molar-refractivity contribution >= 4 is 44.8 Å². The van der Waals surface area contributed by atoms with Crippen LogP contribution in [-0.4, -0.2) is 14.6 Å². The maximum atomic E-state index is 6.42. The minimum absolute atomic E-state index is 0.369. The van der Waals surface area contributed by atoms with Crippen molar-refractivity contribution < 1.29 is 0 Å². The summed E-state index contributed by atoms with van der Waals surface area (Å²) in [6, 6.07) is 7.71. The highest BCUT2D eigenvalue weighted by atomic mass is 79.9. The zero-order valence-corrected chi connectivity index (χ0v) is 13.0. The molecule has 0 radical (unpaired) electrons. The van der Waals surface area contributed by atoms with Gasteiger partial charge in [-0.3, -0.25) is 0 Å². The summed E-state index contributed by atoms with van der Waals surface area (Å²) in [7, 11) is 0. The molecule has 0 aliphatic rings. The fourth-order valence-corrected chi connectivity index (χ4v) is 3.05. The Morgan fingerprint density at radius 2 is 1.95 bits per heavy atom. The Morgan fingerprint density at radius 3 is 2.68 bits per heavy atom. The lowest BCUT2D eigenvalue weighted by Gasteiger charge is -2.10. The summed E-state index contributed by atoms with van der Waals surface area (Å²) in [6.07, 6.45) is 1.72. The summed E-state index contributed by atoms with van der Waals surface area (Å²) in [6.45, 7) is 1.92. The standard InChI is InChI=1S/C13H8BrCl2N3/c1-7-6-17-19-12(16)10(11(15)18-13(7)19)8-4-2-3-5-9(8)14/h2-6H,1H3. The molecule has 0 spiro atoms. The Balaban J connectivity index is 2.39. The minimum atomic E-state index is 0.369. The normalized spacial score (nSPS) is 11.2. The first kappa shape index (κ1) is 12.9. The van der Waals surface area contributed by atoms with Gasteiger partial charge < -0.3 is 0 Å². The Morgan fingerprint density at radius 1 is 1.21 bits per heavy atom. The highest BCUT2D eigenvalue weighted by molar-refractivity contribution is 9.10. The number of nitrogens with zero attached hydrogens (tertiary/aromatic N) is 3. The van der Waals surface area contributed by atoms with Crippen molar-refractivity contribution in [3.63, 3.8) is 0 Å². The van der Waals surface area contributed by atoms with Crippen LogP contribution in [0.3, 0.4) is 0 Å². The van der Waals surface area contributed by atoms with Crippen LogP contribution in [-0.2, 0) is 0 Å². The molecule has 0 amide bonds. The number of hydrogen-bond donors (Lipinski definition) is 0. The second-order valence-corrected chi connectivity index (χ2v) is 5.68. The van der Waals surface area contributed by atoms with Gasteiger partial charge in [-0.1, -0.05) is 57.3 Å². The van der Waals surface area contributed by atoms with Crippen LogP contribution in [0, 0.1) is 6.92 Å². The molecule has 3 nitrogen and oxygen atoms in total. The molecule has 1 aromatic carbocycles. The van der Waals surface area contributed by atoms with Gasteiger partial charge in [0.1, 0.15) is 10.3 Å². The number of halogens is 3. The lowest BCUT2D eigenvalue weighted by atomic mass is 10.1. The van der Waals surface area contributed by atoms with Crippen molar-refractivity contribution in [2.75, 3.05) is 0 Å². The fourth-order valence-electron chi connectivity index (χ4n) is 1.93. The first-order valence-corrected chi connectivity index (χ1v) is 7.08. The predicted molar refractivity (Wildman–Crippen MR) is 80.9 cm³/mol. The van der Waals surface area contributed by atoms with E-state index in [0.717, 1.165) is 15.6 Å². The molecule has 0 aliphatic carbocycles. The smallest absolute Gasteiger partial charge is 0.161 e. The number of rotatable bonds is 1. The highest BCUT2D eigenvalue weighted by Gasteiger charge is 2.17. The van der Waals surface area contributed by atoms with Gasteiger partial charge in [0.25, 0.3) is 0 Å². The van der Waals surface area contributed by atoms with Gasteiger partial charge in [0.15, 0.2) is 5.65 Å². The molecule has 6 heteroatoms. The second-order valence-electron chi connectivity index (χ2n) is 4.11. The van der Waals surface area contributed by atoms with E-state index in [4.69, 9.17) is 23.2 Å². The monoisotopic (exact) mass is 355 g/mol. The van der Waals surface area contributed by atoms with Crippen molar-refractivity contribution in [1.29, 1.82) is 0 Å². The van der Waals surface area contributed by atoms with E-state index >= 15 is 0 Å². The summed E-state index contributed by atoms with van der Waals surface area (Å²) < 4.78 is 2.50. The summed E-state index contributed by atoms with van der Waals surface area (Å²) in [4.78, 5) is 4.37. The van der Waals surface area contributed by atoms with E-state index in [1.54, 1.807) is 10.7 Å². The molecular weight excluding hydrogens is 349 g/mol. The van der Waals surface area contributed by atoms with Crippen LogP contribution in [0.2, 0.25) is 10.3 Å². The third-order valence-corrected chi connectivity index (χ3v) is 4.18. The van der Waals surface area contributed by atoms with Crippen LogP contribution >= 0.6 is 39.1 Å². The molecule has 2 aromatic heterocycles. The maximum Gasteiger partial charge on any atom is 0.161 e. The molecule has 0 unspecified atom stereocenters. The molecule has 96 valence electrons. The number of aromatic nitrogens is 3. The van der Waals surface area contributed by atoms with Gasteiger partial charge in [-0.05, 0) is 13.0 Å². The molecule has 3 rings (SSSR count). The van der Waals surface area contributed by atoms with E-state index < -0.39 is 0 Å². The van der Waals surface area contributed by atoms with E-state index in [2.05, 4.69) is 26.0 Å². The zero-order chi connectivity index (χ0) is 13.6. The molecule has 3 aromatic rings. The third-order valence-electron chi connectivity index (χ3n) is 2.87.